The summed E-state index contributed by atoms with van der Waals surface area (Å²) in [4.78, 5) is 2.13. The maximum Gasteiger partial charge on any atom is 0.205 e. The Morgan fingerprint density at radius 2 is 2.00 bits per heavy atom. The molecule has 0 unspecified atom stereocenters. The Labute approximate surface area is 112 Å². The summed E-state index contributed by atoms with van der Waals surface area (Å²) in [6.45, 7) is 4.83. The zero-order chi connectivity index (χ0) is 13.1. The number of aryl methyl sites for hydroxylation is 2. The van der Waals surface area contributed by atoms with Crippen LogP contribution in [-0.4, -0.2) is 24.3 Å². The maximum atomic E-state index is 4.07. The van der Waals surface area contributed by atoms with Gasteiger partial charge < -0.3 is 10.2 Å². The molecular formula is C13H18N4S. The van der Waals surface area contributed by atoms with Gasteiger partial charge in [0.15, 0.2) is 0 Å². The second-order valence-electron chi connectivity index (χ2n) is 4.51. The Bertz CT molecular complexity index is 534. The Balaban J connectivity index is 2.13. The lowest BCUT2D eigenvalue weighted by atomic mass is 10.1. The molecule has 0 bridgehead atoms. The summed E-state index contributed by atoms with van der Waals surface area (Å²) in [5.74, 6) is 0. The Morgan fingerprint density at radius 3 is 2.61 bits per heavy atom. The molecule has 0 atom stereocenters. The third-order valence-electron chi connectivity index (χ3n) is 2.68. The fourth-order valence-corrected chi connectivity index (χ4v) is 2.37. The molecule has 18 heavy (non-hydrogen) atoms. The van der Waals surface area contributed by atoms with Crippen LogP contribution >= 0.6 is 11.3 Å². The molecule has 0 aliphatic carbocycles. The Hall–Kier alpha value is -1.62. The van der Waals surface area contributed by atoms with Crippen LogP contribution < -0.4 is 10.2 Å². The molecule has 5 heteroatoms. The van der Waals surface area contributed by atoms with Crippen LogP contribution in [0.15, 0.2) is 18.2 Å². The van der Waals surface area contributed by atoms with Gasteiger partial charge in [-0.1, -0.05) is 23.5 Å². The van der Waals surface area contributed by atoms with E-state index in [-0.39, 0.29) is 0 Å². The number of anilines is 2. The molecule has 0 amide bonds. The van der Waals surface area contributed by atoms with Gasteiger partial charge in [0, 0.05) is 26.3 Å². The summed E-state index contributed by atoms with van der Waals surface area (Å²) in [6, 6.07) is 6.49. The average Bonchev–Trinajstić information content (AvgIpc) is 2.73. The van der Waals surface area contributed by atoms with Gasteiger partial charge in [-0.15, -0.1) is 10.2 Å². The molecule has 1 N–H and O–H groups in total. The number of hydrogen-bond donors (Lipinski definition) is 1. The SMILES string of the molecule is Cc1ccc(CNc2nnc(C)s2)c(N(C)C)c1. The van der Waals surface area contributed by atoms with Crippen LogP contribution in [-0.2, 0) is 6.54 Å². The monoisotopic (exact) mass is 262 g/mol. The molecule has 0 radical (unpaired) electrons. The highest BCUT2D eigenvalue weighted by Gasteiger charge is 2.06. The fourth-order valence-electron chi connectivity index (χ4n) is 1.78. The molecule has 2 aromatic rings. The normalized spacial score (nSPS) is 10.4. The van der Waals surface area contributed by atoms with Crippen molar-refractivity contribution in [3.8, 4) is 0 Å². The van der Waals surface area contributed by atoms with Gasteiger partial charge in [-0.25, -0.2) is 0 Å². The van der Waals surface area contributed by atoms with Gasteiger partial charge in [-0.05, 0) is 31.0 Å². The summed E-state index contributed by atoms with van der Waals surface area (Å²) in [6.07, 6.45) is 0. The van der Waals surface area contributed by atoms with Crippen molar-refractivity contribution in [2.75, 3.05) is 24.3 Å². The topological polar surface area (TPSA) is 41.1 Å². The smallest absolute Gasteiger partial charge is 0.205 e. The molecule has 1 heterocycles. The minimum Gasteiger partial charge on any atom is -0.377 e. The van der Waals surface area contributed by atoms with E-state index in [1.165, 1.54) is 16.8 Å². The highest BCUT2D eigenvalue weighted by molar-refractivity contribution is 7.15. The first kappa shape index (κ1) is 12.8. The van der Waals surface area contributed by atoms with E-state index in [0.29, 0.717) is 0 Å². The predicted octanol–water partition coefficient (Wildman–Crippen LogP) is 2.83. The molecule has 96 valence electrons. The van der Waals surface area contributed by atoms with Crippen molar-refractivity contribution < 1.29 is 0 Å². The minimum atomic E-state index is 0.766. The van der Waals surface area contributed by atoms with Gasteiger partial charge in [0.05, 0.1) is 0 Å². The first-order valence-electron chi connectivity index (χ1n) is 5.87. The molecule has 0 aliphatic rings. The number of aromatic nitrogens is 2. The van der Waals surface area contributed by atoms with E-state index < -0.39 is 0 Å². The molecule has 0 spiro atoms. The van der Waals surface area contributed by atoms with Crippen LogP contribution in [0, 0.1) is 13.8 Å². The van der Waals surface area contributed by atoms with Gasteiger partial charge in [-0.3, -0.25) is 0 Å². The second-order valence-corrected chi connectivity index (χ2v) is 5.69. The van der Waals surface area contributed by atoms with Crippen LogP contribution in [0.3, 0.4) is 0 Å². The molecule has 0 fully saturated rings. The number of rotatable bonds is 4. The van der Waals surface area contributed by atoms with Gasteiger partial charge in [-0.2, -0.15) is 0 Å². The van der Waals surface area contributed by atoms with Crippen LogP contribution in [0.4, 0.5) is 10.8 Å². The average molecular weight is 262 g/mol. The minimum absolute atomic E-state index is 0.766. The summed E-state index contributed by atoms with van der Waals surface area (Å²) < 4.78 is 0. The zero-order valence-corrected chi connectivity index (χ0v) is 12.0. The lowest BCUT2D eigenvalue weighted by Gasteiger charge is -2.18. The molecule has 2 rings (SSSR count). The Morgan fingerprint density at radius 1 is 1.22 bits per heavy atom. The van der Waals surface area contributed by atoms with E-state index in [2.05, 4.69) is 59.6 Å². The fraction of sp³-hybridized carbons (Fsp3) is 0.385. The van der Waals surface area contributed by atoms with E-state index in [1.54, 1.807) is 11.3 Å². The number of hydrogen-bond acceptors (Lipinski definition) is 5. The lowest BCUT2D eigenvalue weighted by Crippen LogP contribution is -2.13. The third kappa shape index (κ3) is 2.98. The van der Waals surface area contributed by atoms with Crippen LogP contribution in [0.1, 0.15) is 16.1 Å². The molecule has 0 aliphatic heterocycles. The second kappa shape index (κ2) is 5.35. The largest absolute Gasteiger partial charge is 0.377 e. The van der Waals surface area contributed by atoms with Crippen molar-refractivity contribution in [1.82, 2.24) is 10.2 Å². The number of benzene rings is 1. The zero-order valence-electron chi connectivity index (χ0n) is 11.2. The van der Waals surface area contributed by atoms with E-state index >= 15 is 0 Å². The summed E-state index contributed by atoms with van der Waals surface area (Å²) in [5, 5.41) is 13.2. The van der Waals surface area contributed by atoms with Crippen LogP contribution in [0.2, 0.25) is 0 Å². The number of nitrogens with zero attached hydrogens (tertiary/aromatic N) is 3. The molecule has 4 nitrogen and oxygen atoms in total. The van der Waals surface area contributed by atoms with Crippen molar-refractivity contribution >= 4 is 22.2 Å². The van der Waals surface area contributed by atoms with Crippen LogP contribution in [0.25, 0.3) is 0 Å². The summed E-state index contributed by atoms with van der Waals surface area (Å²) in [5.41, 5.74) is 3.77. The van der Waals surface area contributed by atoms with Gasteiger partial charge in [0.25, 0.3) is 0 Å². The highest BCUT2D eigenvalue weighted by Crippen LogP contribution is 2.22. The summed E-state index contributed by atoms with van der Waals surface area (Å²) >= 11 is 1.58. The first-order valence-corrected chi connectivity index (χ1v) is 6.69. The van der Waals surface area contributed by atoms with Crippen LogP contribution in [0.5, 0.6) is 0 Å². The van der Waals surface area contributed by atoms with Crippen molar-refractivity contribution in [3.63, 3.8) is 0 Å². The molecule has 0 saturated carbocycles. The summed E-state index contributed by atoms with van der Waals surface area (Å²) in [7, 11) is 4.13. The molecular weight excluding hydrogens is 244 g/mol. The highest BCUT2D eigenvalue weighted by atomic mass is 32.1. The predicted molar refractivity (Wildman–Crippen MR) is 77.5 cm³/mol. The van der Waals surface area contributed by atoms with Gasteiger partial charge in [0.1, 0.15) is 5.01 Å². The van der Waals surface area contributed by atoms with Crippen molar-refractivity contribution in [2.45, 2.75) is 20.4 Å². The molecule has 1 aromatic heterocycles. The Kier molecular flexibility index (Phi) is 3.81. The lowest BCUT2D eigenvalue weighted by molar-refractivity contribution is 1.01. The molecule has 0 saturated heterocycles. The van der Waals surface area contributed by atoms with E-state index in [9.17, 15) is 0 Å². The van der Waals surface area contributed by atoms with E-state index in [1.807, 2.05) is 6.92 Å². The maximum absolute atomic E-state index is 4.07. The van der Waals surface area contributed by atoms with Crippen molar-refractivity contribution in [1.29, 1.82) is 0 Å². The third-order valence-corrected chi connectivity index (χ3v) is 3.48. The molecule has 1 aromatic carbocycles. The standard InChI is InChI=1S/C13H18N4S/c1-9-5-6-11(12(7-9)17(3)4)8-14-13-16-15-10(2)18-13/h5-7H,8H2,1-4H3,(H,14,16). The van der Waals surface area contributed by atoms with Crippen molar-refractivity contribution in [2.24, 2.45) is 0 Å². The van der Waals surface area contributed by atoms with Gasteiger partial charge >= 0.3 is 0 Å². The quantitative estimate of drug-likeness (QED) is 0.920. The van der Waals surface area contributed by atoms with E-state index in [4.69, 9.17) is 0 Å². The first-order chi connectivity index (χ1) is 8.56. The van der Waals surface area contributed by atoms with E-state index in [0.717, 1.165) is 16.7 Å². The number of nitrogens with one attached hydrogen (secondary N) is 1. The van der Waals surface area contributed by atoms with Crippen molar-refractivity contribution in [3.05, 3.63) is 34.3 Å². The van der Waals surface area contributed by atoms with Gasteiger partial charge in [0.2, 0.25) is 5.13 Å².